The molecular formula is C24H23N. The zero-order valence-corrected chi connectivity index (χ0v) is 14.9. The van der Waals surface area contributed by atoms with Crippen molar-refractivity contribution < 1.29 is 0 Å². The van der Waals surface area contributed by atoms with Crippen LogP contribution in [-0.4, -0.2) is 4.90 Å². The zero-order valence-electron chi connectivity index (χ0n) is 14.9. The van der Waals surface area contributed by atoms with Crippen molar-refractivity contribution in [3.05, 3.63) is 106 Å². The molecular weight excluding hydrogens is 302 g/mol. The topological polar surface area (TPSA) is 3.24 Å². The summed E-state index contributed by atoms with van der Waals surface area (Å²) in [6.45, 7) is 5.56. The normalized spacial score (nSPS) is 24.0. The lowest BCUT2D eigenvalue weighted by Gasteiger charge is -2.44. The molecule has 0 aliphatic carbocycles. The maximum Gasteiger partial charge on any atom is 0.0700 e. The van der Waals surface area contributed by atoms with Gasteiger partial charge in [-0.25, -0.2) is 0 Å². The summed E-state index contributed by atoms with van der Waals surface area (Å²) in [5.41, 5.74) is 8.65. The van der Waals surface area contributed by atoms with E-state index in [4.69, 9.17) is 0 Å². The monoisotopic (exact) mass is 325 g/mol. The highest BCUT2D eigenvalue weighted by atomic mass is 15.3. The van der Waals surface area contributed by atoms with E-state index in [0.29, 0.717) is 6.04 Å². The maximum atomic E-state index is 2.71. The third kappa shape index (κ3) is 2.06. The average molecular weight is 325 g/mol. The highest BCUT2D eigenvalue weighted by molar-refractivity contribution is 5.54. The van der Waals surface area contributed by atoms with Gasteiger partial charge in [0.15, 0.2) is 0 Å². The second-order valence-corrected chi connectivity index (χ2v) is 7.65. The van der Waals surface area contributed by atoms with Crippen LogP contribution < -0.4 is 0 Å². The summed E-state index contributed by atoms with van der Waals surface area (Å²) in [6.07, 6.45) is 1.11. The lowest BCUT2D eigenvalue weighted by atomic mass is 9.80. The number of benzene rings is 3. The lowest BCUT2D eigenvalue weighted by molar-refractivity contribution is 0.0864. The summed E-state index contributed by atoms with van der Waals surface area (Å²) in [7, 11) is 0. The van der Waals surface area contributed by atoms with Crippen LogP contribution in [0.2, 0.25) is 0 Å². The fraction of sp³-hybridized carbons (Fsp3) is 0.250. The second kappa shape index (κ2) is 5.31. The predicted molar refractivity (Wildman–Crippen MR) is 103 cm³/mol. The number of nitrogens with zero attached hydrogens (tertiary/aromatic N) is 1. The first-order valence-corrected chi connectivity index (χ1v) is 9.18. The molecule has 124 valence electrons. The summed E-state index contributed by atoms with van der Waals surface area (Å²) >= 11 is 0. The van der Waals surface area contributed by atoms with Gasteiger partial charge in [-0.2, -0.15) is 0 Å². The molecule has 0 fully saturated rings. The first-order valence-electron chi connectivity index (χ1n) is 9.18. The molecule has 1 heteroatoms. The molecule has 2 atom stereocenters. The van der Waals surface area contributed by atoms with Crippen LogP contribution in [0.5, 0.6) is 0 Å². The predicted octanol–water partition coefficient (Wildman–Crippen LogP) is 5.37. The minimum atomic E-state index is -0.0407. The molecule has 0 spiro atoms. The fourth-order valence-electron chi connectivity index (χ4n) is 4.93. The van der Waals surface area contributed by atoms with E-state index in [2.05, 4.69) is 91.5 Å². The molecule has 0 N–H and O–H groups in total. The Morgan fingerprint density at radius 3 is 2.36 bits per heavy atom. The Labute approximate surface area is 149 Å². The number of aryl methyl sites for hydroxylation is 1. The van der Waals surface area contributed by atoms with E-state index in [1.54, 1.807) is 0 Å². The van der Waals surface area contributed by atoms with Gasteiger partial charge in [0.25, 0.3) is 0 Å². The minimum Gasteiger partial charge on any atom is -0.278 e. The molecule has 5 rings (SSSR count). The molecule has 3 aromatic rings. The van der Waals surface area contributed by atoms with Gasteiger partial charge in [0.2, 0.25) is 0 Å². The van der Waals surface area contributed by atoms with E-state index >= 15 is 0 Å². The molecule has 2 aliphatic heterocycles. The highest BCUT2D eigenvalue weighted by Gasteiger charge is 2.51. The Kier molecular flexibility index (Phi) is 3.17. The van der Waals surface area contributed by atoms with Crippen LogP contribution in [-0.2, 0) is 18.5 Å². The van der Waals surface area contributed by atoms with Crippen molar-refractivity contribution in [1.82, 2.24) is 4.90 Å². The van der Waals surface area contributed by atoms with Gasteiger partial charge in [-0.3, -0.25) is 4.90 Å². The van der Waals surface area contributed by atoms with Crippen LogP contribution in [0.15, 0.2) is 72.8 Å². The number of hydrogen-bond acceptors (Lipinski definition) is 1. The van der Waals surface area contributed by atoms with Gasteiger partial charge in [-0.1, -0.05) is 78.4 Å². The SMILES string of the molecule is Cc1ccc(CN2[C@@H]3Cc4ccccc4[C@@]2(C)c2ccccc23)cc1. The molecule has 0 unspecified atom stereocenters. The van der Waals surface area contributed by atoms with Crippen LogP contribution in [0.3, 0.4) is 0 Å². The Balaban J connectivity index is 1.67. The van der Waals surface area contributed by atoms with Crippen LogP contribution in [0.1, 0.15) is 46.3 Å². The quantitative estimate of drug-likeness (QED) is 0.612. The standard InChI is InChI=1S/C24H23N/c1-17-11-13-18(14-12-17)16-25-23-15-19-7-3-5-9-21(19)24(25,2)22-10-6-4-8-20(22)23/h3-14,23H,15-16H2,1-2H3/t23-,24+/m1/s1. The van der Waals surface area contributed by atoms with Crippen molar-refractivity contribution in [3.8, 4) is 0 Å². The van der Waals surface area contributed by atoms with Crippen LogP contribution >= 0.6 is 0 Å². The Hall–Kier alpha value is -2.38. The van der Waals surface area contributed by atoms with Crippen molar-refractivity contribution in [2.45, 2.75) is 38.4 Å². The van der Waals surface area contributed by atoms with Gasteiger partial charge in [0.05, 0.1) is 5.54 Å². The molecule has 0 amide bonds. The van der Waals surface area contributed by atoms with Crippen molar-refractivity contribution in [2.24, 2.45) is 0 Å². The van der Waals surface area contributed by atoms with Crippen LogP contribution in [0.4, 0.5) is 0 Å². The fourth-order valence-corrected chi connectivity index (χ4v) is 4.93. The summed E-state index contributed by atoms with van der Waals surface area (Å²) in [6, 6.07) is 27.6. The molecule has 25 heavy (non-hydrogen) atoms. The van der Waals surface area contributed by atoms with Gasteiger partial charge in [0, 0.05) is 12.6 Å². The Bertz CT molecular complexity index is 927. The van der Waals surface area contributed by atoms with E-state index in [1.165, 1.54) is 33.4 Å². The van der Waals surface area contributed by atoms with Gasteiger partial charge < -0.3 is 0 Å². The first-order chi connectivity index (χ1) is 12.2. The minimum absolute atomic E-state index is 0.0407. The number of fused-ring (bicyclic) bond motifs is 7. The van der Waals surface area contributed by atoms with Gasteiger partial charge in [0.1, 0.15) is 0 Å². The molecule has 1 nitrogen and oxygen atoms in total. The average Bonchev–Trinajstić information content (AvgIpc) is 2.80. The Morgan fingerprint density at radius 1 is 0.880 bits per heavy atom. The third-order valence-electron chi connectivity index (χ3n) is 6.22. The van der Waals surface area contributed by atoms with Crippen molar-refractivity contribution >= 4 is 0 Å². The summed E-state index contributed by atoms with van der Waals surface area (Å²) < 4.78 is 0. The second-order valence-electron chi connectivity index (χ2n) is 7.65. The molecule has 0 saturated carbocycles. The molecule has 3 aromatic carbocycles. The molecule has 0 saturated heterocycles. The largest absolute Gasteiger partial charge is 0.278 e. The van der Waals surface area contributed by atoms with Crippen molar-refractivity contribution in [2.75, 3.05) is 0 Å². The molecule has 2 heterocycles. The van der Waals surface area contributed by atoms with Crippen molar-refractivity contribution in [3.63, 3.8) is 0 Å². The summed E-state index contributed by atoms with van der Waals surface area (Å²) in [5.74, 6) is 0. The van der Waals surface area contributed by atoms with Gasteiger partial charge in [-0.15, -0.1) is 0 Å². The van der Waals surface area contributed by atoms with E-state index in [9.17, 15) is 0 Å². The van der Waals surface area contributed by atoms with Crippen molar-refractivity contribution in [1.29, 1.82) is 0 Å². The molecule has 0 aromatic heterocycles. The highest BCUT2D eigenvalue weighted by Crippen LogP contribution is 2.55. The number of hydrogen-bond donors (Lipinski definition) is 0. The molecule has 0 radical (unpaired) electrons. The first kappa shape index (κ1) is 14.9. The smallest absolute Gasteiger partial charge is 0.0700 e. The molecule has 2 bridgehead atoms. The Morgan fingerprint density at radius 2 is 1.56 bits per heavy atom. The van der Waals surface area contributed by atoms with Crippen LogP contribution in [0, 0.1) is 6.92 Å². The summed E-state index contributed by atoms with van der Waals surface area (Å²) in [4.78, 5) is 2.71. The molecule has 2 aliphatic rings. The van der Waals surface area contributed by atoms with E-state index < -0.39 is 0 Å². The van der Waals surface area contributed by atoms with Crippen LogP contribution in [0.25, 0.3) is 0 Å². The van der Waals surface area contributed by atoms with E-state index in [-0.39, 0.29) is 5.54 Å². The maximum absolute atomic E-state index is 2.71. The van der Waals surface area contributed by atoms with E-state index in [1.807, 2.05) is 0 Å². The lowest BCUT2D eigenvalue weighted by Crippen LogP contribution is -2.45. The van der Waals surface area contributed by atoms with Gasteiger partial charge in [-0.05, 0) is 48.1 Å². The van der Waals surface area contributed by atoms with E-state index in [0.717, 1.165) is 13.0 Å². The van der Waals surface area contributed by atoms with Gasteiger partial charge >= 0.3 is 0 Å². The summed E-state index contributed by atoms with van der Waals surface area (Å²) in [5, 5.41) is 0. The third-order valence-corrected chi connectivity index (χ3v) is 6.22. The number of rotatable bonds is 2. The zero-order chi connectivity index (χ0) is 17.0.